The zero-order chi connectivity index (χ0) is 12.1. The van der Waals surface area contributed by atoms with Crippen molar-refractivity contribution in [2.75, 3.05) is 6.54 Å². The Balaban J connectivity index is 2.65. The topological polar surface area (TPSA) is 71.3 Å². The molecule has 0 spiro atoms. The molecule has 0 aliphatic rings. The second-order valence-corrected chi connectivity index (χ2v) is 3.61. The molecular formula is C11H16N2O3. The van der Waals surface area contributed by atoms with Crippen LogP contribution in [0.3, 0.4) is 0 Å². The van der Waals surface area contributed by atoms with Gasteiger partial charge in [-0.3, -0.25) is 4.79 Å². The highest BCUT2D eigenvalue weighted by Gasteiger charge is 2.13. The Morgan fingerprint density at radius 1 is 1.56 bits per heavy atom. The summed E-state index contributed by atoms with van der Waals surface area (Å²) in [7, 11) is 0. The van der Waals surface area contributed by atoms with Gasteiger partial charge in [0, 0.05) is 25.2 Å². The summed E-state index contributed by atoms with van der Waals surface area (Å²) in [5.41, 5.74) is 0.234. The third kappa shape index (κ3) is 2.85. The molecule has 1 aromatic rings. The van der Waals surface area contributed by atoms with Crippen LogP contribution in [-0.2, 0) is 4.79 Å². The highest BCUT2D eigenvalue weighted by molar-refractivity contribution is 5.85. The number of nitrogens with zero attached hydrogens (tertiary/aromatic N) is 1. The van der Waals surface area contributed by atoms with E-state index in [9.17, 15) is 9.59 Å². The largest absolute Gasteiger partial charge is 0.477 e. The highest BCUT2D eigenvalue weighted by Crippen LogP contribution is 2.10. The number of carboxylic acids is 1. The summed E-state index contributed by atoms with van der Waals surface area (Å²) < 4.78 is 1.64. The predicted molar refractivity (Wildman–Crippen MR) is 59.4 cm³/mol. The van der Waals surface area contributed by atoms with Gasteiger partial charge in [0.2, 0.25) is 5.91 Å². The second-order valence-electron chi connectivity index (χ2n) is 3.61. The third-order valence-electron chi connectivity index (χ3n) is 2.39. The van der Waals surface area contributed by atoms with E-state index in [1.54, 1.807) is 29.8 Å². The molecule has 0 aliphatic carbocycles. The smallest absolute Gasteiger partial charge is 0.352 e. The maximum absolute atomic E-state index is 11.1. The molecule has 1 unspecified atom stereocenters. The van der Waals surface area contributed by atoms with Crippen molar-refractivity contribution in [3.8, 4) is 0 Å². The van der Waals surface area contributed by atoms with Crippen LogP contribution in [0.5, 0.6) is 0 Å². The van der Waals surface area contributed by atoms with Gasteiger partial charge < -0.3 is 15.0 Å². The van der Waals surface area contributed by atoms with Crippen LogP contribution in [0.2, 0.25) is 0 Å². The lowest BCUT2D eigenvalue weighted by Crippen LogP contribution is -2.29. The van der Waals surface area contributed by atoms with Crippen LogP contribution in [0.1, 0.15) is 36.8 Å². The molecule has 0 saturated carbocycles. The summed E-state index contributed by atoms with van der Waals surface area (Å²) in [5, 5.41) is 11.7. The van der Waals surface area contributed by atoms with Crippen LogP contribution in [0.4, 0.5) is 0 Å². The quantitative estimate of drug-likeness (QED) is 0.791. The Morgan fingerprint density at radius 3 is 2.81 bits per heavy atom. The van der Waals surface area contributed by atoms with Crippen LogP contribution in [0, 0.1) is 0 Å². The van der Waals surface area contributed by atoms with Gasteiger partial charge in [-0.05, 0) is 19.1 Å². The molecule has 1 heterocycles. The summed E-state index contributed by atoms with van der Waals surface area (Å²) in [6.07, 6.45) is 2.14. The Bertz CT molecular complexity index is 384. The lowest BCUT2D eigenvalue weighted by molar-refractivity contribution is -0.120. The molecule has 1 atom stereocenters. The monoisotopic (exact) mass is 224 g/mol. The van der Waals surface area contributed by atoms with Crippen LogP contribution in [0.15, 0.2) is 18.3 Å². The summed E-state index contributed by atoms with van der Waals surface area (Å²) in [4.78, 5) is 21.9. The molecule has 1 amide bonds. The number of carboxylic acid groups (broad SMARTS) is 1. The number of rotatable bonds is 5. The zero-order valence-electron chi connectivity index (χ0n) is 9.43. The minimum absolute atomic E-state index is 0.0316. The van der Waals surface area contributed by atoms with Gasteiger partial charge in [0.25, 0.3) is 0 Å². The number of carbonyl (C=O) groups is 2. The van der Waals surface area contributed by atoms with E-state index in [1.165, 1.54) is 0 Å². The molecule has 0 saturated heterocycles. The minimum Gasteiger partial charge on any atom is -0.477 e. The van der Waals surface area contributed by atoms with E-state index in [4.69, 9.17) is 5.11 Å². The average molecular weight is 224 g/mol. The fourth-order valence-electron chi connectivity index (χ4n) is 1.44. The van der Waals surface area contributed by atoms with Gasteiger partial charge in [-0.15, -0.1) is 0 Å². The van der Waals surface area contributed by atoms with Crippen LogP contribution < -0.4 is 5.32 Å². The second kappa shape index (κ2) is 5.34. The van der Waals surface area contributed by atoms with E-state index in [-0.39, 0.29) is 17.6 Å². The lowest BCUT2D eigenvalue weighted by atomic mass is 10.3. The molecule has 0 radical (unpaired) electrons. The Hall–Kier alpha value is -1.78. The van der Waals surface area contributed by atoms with E-state index < -0.39 is 5.97 Å². The predicted octanol–water partition coefficient (Wildman–Crippen LogP) is 1.27. The molecule has 5 heteroatoms. The fourth-order valence-corrected chi connectivity index (χ4v) is 1.44. The summed E-state index contributed by atoms with van der Waals surface area (Å²) >= 11 is 0. The van der Waals surface area contributed by atoms with Gasteiger partial charge >= 0.3 is 5.97 Å². The molecular weight excluding hydrogens is 208 g/mol. The molecule has 0 bridgehead atoms. The first-order valence-corrected chi connectivity index (χ1v) is 5.23. The molecule has 0 aromatic carbocycles. The first-order valence-electron chi connectivity index (χ1n) is 5.23. The van der Waals surface area contributed by atoms with Crippen molar-refractivity contribution >= 4 is 11.9 Å². The van der Waals surface area contributed by atoms with E-state index >= 15 is 0 Å². The van der Waals surface area contributed by atoms with E-state index in [1.807, 2.05) is 6.92 Å². The van der Waals surface area contributed by atoms with Gasteiger partial charge in [0.1, 0.15) is 5.69 Å². The van der Waals surface area contributed by atoms with Gasteiger partial charge in [-0.2, -0.15) is 0 Å². The fraction of sp³-hybridized carbons (Fsp3) is 0.455. The Morgan fingerprint density at radius 2 is 2.25 bits per heavy atom. The summed E-state index contributed by atoms with van der Waals surface area (Å²) in [5.74, 6) is -0.991. The zero-order valence-corrected chi connectivity index (χ0v) is 9.43. The molecule has 0 fully saturated rings. The normalized spacial score (nSPS) is 12.1. The number of aromatic nitrogens is 1. The number of nitrogens with one attached hydrogen (secondary N) is 1. The first kappa shape index (κ1) is 12.3. The number of amides is 1. The van der Waals surface area contributed by atoms with Crippen molar-refractivity contribution in [1.29, 1.82) is 0 Å². The van der Waals surface area contributed by atoms with Crippen molar-refractivity contribution in [2.24, 2.45) is 0 Å². The number of aromatic carboxylic acids is 1. The molecule has 5 nitrogen and oxygen atoms in total. The first-order chi connectivity index (χ1) is 7.56. The van der Waals surface area contributed by atoms with E-state index in [0.717, 1.165) is 0 Å². The van der Waals surface area contributed by atoms with Crippen molar-refractivity contribution < 1.29 is 14.7 Å². The standard InChI is InChI=1S/C11H16N2O3/c1-3-10(14)12-7-8(2)13-6-4-5-9(13)11(15)16/h4-6,8H,3,7H2,1-2H3,(H,12,14)(H,15,16). The Labute approximate surface area is 94.1 Å². The van der Waals surface area contributed by atoms with Crippen LogP contribution in [-0.4, -0.2) is 28.1 Å². The molecule has 1 aromatic heterocycles. The number of carbonyl (C=O) groups excluding carboxylic acids is 1. The van der Waals surface area contributed by atoms with Crippen molar-refractivity contribution in [3.63, 3.8) is 0 Å². The van der Waals surface area contributed by atoms with Gasteiger partial charge in [-0.25, -0.2) is 4.79 Å². The Kier molecular flexibility index (Phi) is 4.10. The average Bonchev–Trinajstić information content (AvgIpc) is 2.74. The number of hydrogen-bond acceptors (Lipinski definition) is 2. The van der Waals surface area contributed by atoms with Crippen LogP contribution >= 0.6 is 0 Å². The molecule has 0 aliphatic heterocycles. The minimum atomic E-state index is -0.960. The van der Waals surface area contributed by atoms with E-state index in [0.29, 0.717) is 13.0 Å². The SMILES string of the molecule is CCC(=O)NCC(C)n1cccc1C(=O)O. The third-order valence-corrected chi connectivity index (χ3v) is 2.39. The molecule has 16 heavy (non-hydrogen) atoms. The highest BCUT2D eigenvalue weighted by atomic mass is 16.4. The lowest BCUT2D eigenvalue weighted by Gasteiger charge is -2.16. The van der Waals surface area contributed by atoms with Gasteiger partial charge in [0.05, 0.1) is 0 Å². The summed E-state index contributed by atoms with van der Waals surface area (Å²) in [6.45, 7) is 4.07. The van der Waals surface area contributed by atoms with Gasteiger partial charge in [-0.1, -0.05) is 6.92 Å². The van der Waals surface area contributed by atoms with Gasteiger partial charge in [0.15, 0.2) is 0 Å². The van der Waals surface area contributed by atoms with Crippen LogP contribution in [0.25, 0.3) is 0 Å². The summed E-state index contributed by atoms with van der Waals surface area (Å²) in [6, 6.07) is 3.15. The maximum atomic E-state index is 11.1. The van der Waals surface area contributed by atoms with Crippen molar-refractivity contribution in [3.05, 3.63) is 24.0 Å². The van der Waals surface area contributed by atoms with E-state index in [2.05, 4.69) is 5.32 Å². The molecule has 2 N–H and O–H groups in total. The van der Waals surface area contributed by atoms with Crippen molar-refractivity contribution in [2.45, 2.75) is 26.3 Å². The van der Waals surface area contributed by atoms with Crippen molar-refractivity contribution in [1.82, 2.24) is 9.88 Å². The number of hydrogen-bond donors (Lipinski definition) is 2. The molecule has 88 valence electrons. The maximum Gasteiger partial charge on any atom is 0.352 e. The molecule has 1 rings (SSSR count).